The Hall–Kier alpha value is -0.710. The molecule has 1 atom stereocenters. The summed E-state index contributed by atoms with van der Waals surface area (Å²) in [5, 5.41) is 2.63. The van der Waals surface area contributed by atoms with Gasteiger partial charge in [-0.05, 0) is 25.7 Å². The van der Waals surface area contributed by atoms with Gasteiger partial charge in [0.05, 0.1) is 0 Å². The molecule has 1 saturated carbocycles. The summed E-state index contributed by atoms with van der Waals surface area (Å²) < 4.78 is 0. The molecule has 0 aromatic rings. The van der Waals surface area contributed by atoms with Crippen LogP contribution in [0.5, 0.6) is 0 Å². The lowest BCUT2D eigenvalue weighted by atomic mass is 10.2. The first-order valence-corrected chi connectivity index (χ1v) is 6.38. The van der Waals surface area contributed by atoms with E-state index in [-0.39, 0.29) is 11.8 Å². The molecule has 5 heteroatoms. The van der Waals surface area contributed by atoms with Gasteiger partial charge in [0.1, 0.15) is 6.04 Å². The van der Waals surface area contributed by atoms with Gasteiger partial charge >= 0.3 is 0 Å². The molecular weight excluding hydrogens is 224 g/mol. The number of hydrogen-bond acceptors (Lipinski definition) is 3. The molecule has 0 bridgehead atoms. The zero-order chi connectivity index (χ0) is 12.1. The Morgan fingerprint density at radius 3 is 2.50 bits per heavy atom. The topological polar surface area (TPSA) is 49.4 Å². The molecule has 1 N–H and O–H groups in total. The maximum atomic E-state index is 12.1. The summed E-state index contributed by atoms with van der Waals surface area (Å²) >= 11 is 4.11. The van der Waals surface area contributed by atoms with Crippen molar-refractivity contribution in [3.63, 3.8) is 0 Å². The fourth-order valence-corrected chi connectivity index (χ4v) is 1.89. The molecule has 2 amide bonds. The van der Waals surface area contributed by atoms with Crippen LogP contribution in [0.15, 0.2) is 0 Å². The van der Waals surface area contributed by atoms with Crippen LogP contribution >= 0.6 is 12.6 Å². The molecule has 16 heavy (non-hydrogen) atoms. The first kappa shape index (κ1) is 13.4. The quantitative estimate of drug-likeness (QED) is 0.675. The molecular formula is C11H20N2O2S. The van der Waals surface area contributed by atoms with E-state index < -0.39 is 6.04 Å². The Labute approximate surface area is 102 Å². The van der Waals surface area contributed by atoms with Gasteiger partial charge in [-0.2, -0.15) is 12.6 Å². The Kier molecular flexibility index (Phi) is 5.12. The third-order valence-electron chi connectivity index (χ3n) is 2.73. The Balaban J connectivity index is 2.51. The van der Waals surface area contributed by atoms with E-state index in [0.29, 0.717) is 18.2 Å². The van der Waals surface area contributed by atoms with Gasteiger partial charge < -0.3 is 10.2 Å². The molecule has 1 fully saturated rings. The van der Waals surface area contributed by atoms with Crippen LogP contribution in [0.3, 0.4) is 0 Å². The van der Waals surface area contributed by atoms with Crippen LogP contribution in [0.1, 0.15) is 26.7 Å². The van der Waals surface area contributed by atoms with Crippen LogP contribution < -0.4 is 5.32 Å². The van der Waals surface area contributed by atoms with E-state index in [4.69, 9.17) is 0 Å². The van der Waals surface area contributed by atoms with Crippen molar-refractivity contribution in [2.75, 3.05) is 18.8 Å². The van der Waals surface area contributed by atoms with Gasteiger partial charge in [-0.1, -0.05) is 0 Å². The minimum atomic E-state index is -0.487. The summed E-state index contributed by atoms with van der Waals surface area (Å²) in [7, 11) is 0. The van der Waals surface area contributed by atoms with Crippen LogP contribution in [-0.2, 0) is 9.59 Å². The summed E-state index contributed by atoms with van der Waals surface area (Å²) in [5.41, 5.74) is 0. The molecule has 0 heterocycles. The van der Waals surface area contributed by atoms with Crippen molar-refractivity contribution in [2.45, 2.75) is 32.7 Å². The van der Waals surface area contributed by atoms with Crippen LogP contribution in [0.4, 0.5) is 0 Å². The average Bonchev–Trinajstić information content (AvgIpc) is 3.05. The van der Waals surface area contributed by atoms with Gasteiger partial charge in [-0.3, -0.25) is 9.59 Å². The largest absolute Gasteiger partial charge is 0.344 e. The molecule has 0 aliphatic heterocycles. The molecule has 0 spiro atoms. The van der Waals surface area contributed by atoms with E-state index in [2.05, 4.69) is 17.9 Å². The Morgan fingerprint density at radius 2 is 2.12 bits per heavy atom. The van der Waals surface area contributed by atoms with Crippen molar-refractivity contribution >= 4 is 24.4 Å². The fraction of sp³-hybridized carbons (Fsp3) is 0.818. The Bertz CT molecular complexity index is 267. The summed E-state index contributed by atoms with van der Waals surface area (Å²) in [6.45, 7) is 4.89. The number of nitrogens with zero attached hydrogens (tertiary/aromatic N) is 1. The van der Waals surface area contributed by atoms with Crippen molar-refractivity contribution in [1.29, 1.82) is 0 Å². The maximum Gasteiger partial charge on any atom is 0.245 e. The second-order valence-electron chi connectivity index (χ2n) is 4.26. The SMILES string of the molecule is CCN(CC1CC1)C(=O)C(CS)NC(C)=O. The smallest absolute Gasteiger partial charge is 0.245 e. The van der Waals surface area contributed by atoms with E-state index in [9.17, 15) is 9.59 Å². The summed E-state index contributed by atoms with van der Waals surface area (Å²) in [6, 6.07) is -0.487. The lowest BCUT2D eigenvalue weighted by Crippen LogP contribution is -2.49. The van der Waals surface area contributed by atoms with Gasteiger partial charge in [0, 0.05) is 25.8 Å². The number of carbonyl (C=O) groups is 2. The van der Waals surface area contributed by atoms with E-state index in [1.807, 2.05) is 11.8 Å². The number of carbonyl (C=O) groups excluding carboxylic acids is 2. The number of thiol groups is 1. The van der Waals surface area contributed by atoms with Crippen molar-refractivity contribution in [3.05, 3.63) is 0 Å². The van der Waals surface area contributed by atoms with Gasteiger partial charge in [0.25, 0.3) is 0 Å². The molecule has 0 aromatic carbocycles. The standard InChI is InChI=1S/C11H20N2O2S/c1-3-13(6-9-4-5-9)11(15)10(7-16)12-8(2)14/h9-10,16H,3-7H2,1-2H3,(H,12,14). The third kappa shape index (κ3) is 4.04. The zero-order valence-electron chi connectivity index (χ0n) is 9.90. The van der Waals surface area contributed by atoms with E-state index in [0.717, 1.165) is 6.54 Å². The van der Waals surface area contributed by atoms with Crippen molar-refractivity contribution < 1.29 is 9.59 Å². The number of amides is 2. The van der Waals surface area contributed by atoms with Gasteiger partial charge in [-0.15, -0.1) is 0 Å². The van der Waals surface area contributed by atoms with Crippen molar-refractivity contribution in [2.24, 2.45) is 5.92 Å². The maximum absolute atomic E-state index is 12.1. The summed E-state index contributed by atoms with van der Waals surface area (Å²) in [6.07, 6.45) is 2.44. The molecule has 1 aliphatic rings. The molecule has 4 nitrogen and oxygen atoms in total. The van der Waals surface area contributed by atoms with E-state index >= 15 is 0 Å². The number of likely N-dealkylation sites (N-methyl/N-ethyl adjacent to an activating group) is 1. The third-order valence-corrected chi connectivity index (χ3v) is 3.09. The van der Waals surface area contributed by atoms with Gasteiger partial charge in [0.15, 0.2) is 0 Å². The second-order valence-corrected chi connectivity index (χ2v) is 4.62. The van der Waals surface area contributed by atoms with Crippen LogP contribution in [0.2, 0.25) is 0 Å². The molecule has 1 unspecified atom stereocenters. The first-order chi connectivity index (χ1) is 7.58. The zero-order valence-corrected chi connectivity index (χ0v) is 10.8. The predicted octanol–water partition coefficient (Wildman–Crippen LogP) is 0.679. The highest BCUT2D eigenvalue weighted by Crippen LogP contribution is 2.29. The highest BCUT2D eigenvalue weighted by Gasteiger charge is 2.29. The number of hydrogen-bond donors (Lipinski definition) is 2. The minimum Gasteiger partial charge on any atom is -0.344 e. The highest BCUT2D eigenvalue weighted by atomic mass is 32.1. The summed E-state index contributed by atoms with van der Waals surface area (Å²) in [5.74, 6) is 0.816. The first-order valence-electron chi connectivity index (χ1n) is 5.75. The molecule has 0 saturated heterocycles. The van der Waals surface area contributed by atoms with Crippen LogP contribution in [0, 0.1) is 5.92 Å². The lowest BCUT2D eigenvalue weighted by molar-refractivity contribution is -0.135. The number of nitrogens with one attached hydrogen (secondary N) is 1. The van der Waals surface area contributed by atoms with Gasteiger partial charge in [-0.25, -0.2) is 0 Å². The van der Waals surface area contributed by atoms with Crippen molar-refractivity contribution in [1.82, 2.24) is 10.2 Å². The van der Waals surface area contributed by atoms with E-state index in [1.165, 1.54) is 19.8 Å². The molecule has 1 aliphatic carbocycles. The van der Waals surface area contributed by atoms with Crippen LogP contribution in [-0.4, -0.2) is 41.6 Å². The van der Waals surface area contributed by atoms with Gasteiger partial charge in [0.2, 0.25) is 11.8 Å². The lowest BCUT2D eigenvalue weighted by Gasteiger charge is -2.25. The molecule has 1 rings (SSSR count). The monoisotopic (exact) mass is 244 g/mol. The molecule has 0 radical (unpaired) electrons. The second kappa shape index (κ2) is 6.13. The molecule has 0 aromatic heterocycles. The van der Waals surface area contributed by atoms with Crippen LogP contribution in [0.25, 0.3) is 0 Å². The summed E-state index contributed by atoms with van der Waals surface area (Å²) in [4.78, 5) is 24.8. The van der Waals surface area contributed by atoms with E-state index in [1.54, 1.807) is 0 Å². The number of rotatable bonds is 6. The highest BCUT2D eigenvalue weighted by molar-refractivity contribution is 7.80. The normalized spacial score (nSPS) is 16.7. The van der Waals surface area contributed by atoms with Crippen molar-refractivity contribution in [3.8, 4) is 0 Å². The fourth-order valence-electron chi connectivity index (χ4n) is 1.64. The Morgan fingerprint density at radius 1 is 1.50 bits per heavy atom. The average molecular weight is 244 g/mol. The molecule has 92 valence electrons. The predicted molar refractivity (Wildman–Crippen MR) is 66.4 cm³/mol. The minimum absolute atomic E-state index is 0.0143.